The molecule has 0 aliphatic carbocycles. The molecule has 76 valence electrons. The molecule has 0 aliphatic rings. The Morgan fingerprint density at radius 1 is 1.57 bits per heavy atom. The minimum atomic E-state index is 0.0876. The van der Waals surface area contributed by atoms with Gasteiger partial charge in [0, 0.05) is 24.8 Å². The number of hydrogen-bond acceptors (Lipinski definition) is 2. The lowest BCUT2D eigenvalue weighted by molar-refractivity contribution is 0.544. The van der Waals surface area contributed by atoms with Crippen molar-refractivity contribution in [3.63, 3.8) is 0 Å². The number of rotatable bonds is 3. The van der Waals surface area contributed by atoms with Crippen LogP contribution in [-0.2, 0) is 7.05 Å². The Morgan fingerprint density at radius 2 is 2.21 bits per heavy atom. The van der Waals surface area contributed by atoms with Gasteiger partial charge in [-0.25, -0.2) is 0 Å². The van der Waals surface area contributed by atoms with Crippen molar-refractivity contribution >= 4 is 0 Å². The number of nitrogens with one attached hydrogen (secondary N) is 1. The molecule has 3 heteroatoms. The number of aromatic nitrogens is 2. The van der Waals surface area contributed by atoms with E-state index in [-0.39, 0.29) is 12.1 Å². The van der Waals surface area contributed by atoms with Gasteiger partial charge in [-0.2, -0.15) is 5.10 Å². The first-order chi connectivity index (χ1) is 6.54. The molecule has 1 aromatic rings. The fourth-order valence-electron chi connectivity index (χ4n) is 1.56. The van der Waals surface area contributed by atoms with Crippen LogP contribution in [0.3, 0.4) is 0 Å². The molecule has 1 N–H and O–H groups in total. The van der Waals surface area contributed by atoms with Gasteiger partial charge in [-0.1, -0.05) is 5.92 Å². The first-order valence-corrected chi connectivity index (χ1v) is 4.77. The van der Waals surface area contributed by atoms with Crippen LogP contribution in [0.1, 0.15) is 31.1 Å². The number of hydrogen-bond donors (Lipinski definition) is 1. The second-order valence-electron chi connectivity index (χ2n) is 3.62. The van der Waals surface area contributed by atoms with Crippen molar-refractivity contribution in [2.75, 3.05) is 0 Å². The van der Waals surface area contributed by atoms with E-state index in [1.807, 2.05) is 31.8 Å². The first-order valence-electron chi connectivity index (χ1n) is 4.77. The molecule has 0 saturated carbocycles. The molecule has 14 heavy (non-hydrogen) atoms. The fraction of sp³-hybridized carbons (Fsp3) is 0.545. The monoisotopic (exact) mass is 191 g/mol. The van der Waals surface area contributed by atoms with E-state index in [4.69, 9.17) is 6.42 Å². The van der Waals surface area contributed by atoms with Crippen LogP contribution in [-0.4, -0.2) is 15.8 Å². The zero-order valence-electron chi connectivity index (χ0n) is 9.20. The first kappa shape index (κ1) is 10.8. The van der Waals surface area contributed by atoms with Crippen LogP contribution in [0.5, 0.6) is 0 Å². The molecule has 0 amide bonds. The predicted octanol–water partition coefficient (Wildman–Crippen LogP) is 1.40. The van der Waals surface area contributed by atoms with Gasteiger partial charge in [-0.3, -0.25) is 10.00 Å². The van der Waals surface area contributed by atoms with Gasteiger partial charge in [-0.05, 0) is 20.8 Å². The Hall–Kier alpha value is -1.27. The van der Waals surface area contributed by atoms with Crippen molar-refractivity contribution in [1.29, 1.82) is 0 Å². The summed E-state index contributed by atoms with van der Waals surface area (Å²) in [4.78, 5) is 0. The van der Waals surface area contributed by atoms with Gasteiger partial charge in [0.1, 0.15) is 0 Å². The molecule has 0 bridgehead atoms. The summed E-state index contributed by atoms with van der Waals surface area (Å²) in [7, 11) is 1.92. The average Bonchev–Trinajstić information content (AvgIpc) is 2.45. The molecule has 3 nitrogen and oxygen atoms in total. The maximum Gasteiger partial charge on any atom is 0.0662 e. The van der Waals surface area contributed by atoms with Crippen molar-refractivity contribution in [3.8, 4) is 12.3 Å². The van der Waals surface area contributed by atoms with E-state index in [1.54, 1.807) is 0 Å². The molecular formula is C11H17N3. The molecule has 0 aliphatic heterocycles. The van der Waals surface area contributed by atoms with Gasteiger partial charge in [-0.15, -0.1) is 6.42 Å². The summed E-state index contributed by atoms with van der Waals surface area (Å²) in [6, 6.07) is 0.333. The van der Waals surface area contributed by atoms with E-state index >= 15 is 0 Å². The molecule has 0 radical (unpaired) electrons. The predicted molar refractivity (Wildman–Crippen MR) is 57.8 cm³/mol. The Labute approximate surface area is 85.5 Å². The topological polar surface area (TPSA) is 29.9 Å². The van der Waals surface area contributed by atoms with E-state index in [0.717, 1.165) is 5.69 Å². The zero-order valence-corrected chi connectivity index (χ0v) is 9.20. The van der Waals surface area contributed by atoms with Crippen LogP contribution in [0, 0.1) is 19.3 Å². The van der Waals surface area contributed by atoms with Crippen LogP contribution in [0.25, 0.3) is 0 Å². The summed E-state index contributed by atoms with van der Waals surface area (Å²) in [5, 5.41) is 7.60. The van der Waals surface area contributed by atoms with Crippen LogP contribution in [0.4, 0.5) is 0 Å². The Morgan fingerprint density at radius 3 is 2.64 bits per heavy atom. The minimum Gasteiger partial charge on any atom is -0.297 e. The molecule has 2 unspecified atom stereocenters. The van der Waals surface area contributed by atoms with Gasteiger partial charge in [0.15, 0.2) is 0 Å². The van der Waals surface area contributed by atoms with E-state index < -0.39 is 0 Å². The van der Waals surface area contributed by atoms with Crippen LogP contribution < -0.4 is 5.32 Å². The number of terminal acetylenes is 1. The highest BCUT2D eigenvalue weighted by Crippen LogP contribution is 2.15. The van der Waals surface area contributed by atoms with Gasteiger partial charge < -0.3 is 0 Å². The van der Waals surface area contributed by atoms with Crippen LogP contribution in [0.2, 0.25) is 0 Å². The summed E-state index contributed by atoms with van der Waals surface area (Å²) in [5.74, 6) is 2.65. The third kappa shape index (κ3) is 2.36. The summed E-state index contributed by atoms with van der Waals surface area (Å²) in [5.41, 5.74) is 2.26. The Balaban J connectivity index is 2.75. The normalized spacial score (nSPS) is 14.8. The fourth-order valence-corrected chi connectivity index (χ4v) is 1.56. The van der Waals surface area contributed by atoms with Gasteiger partial charge >= 0.3 is 0 Å². The summed E-state index contributed by atoms with van der Waals surface area (Å²) in [6.45, 7) is 6.08. The highest BCUT2D eigenvalue weighted by atomic mass is 15.3. The van der Waals surface area contributed by atoms with Crippen molar-refractivity contribution < 1.29 is 0 Å². The van der Waals surface area contributed by atoms with E-state index in [9.17, 15) is 0 Å². The van der Waals surface area contributed by atoms with E-state index in [2.05, 4.69) is 23.3 Å². The van der Waals surface area contributed by atoms with Crippen molar-refractivity contribution in [1.82, 2.24) is 15.1 Å². The molecule has 0 saturated heterocycles. The second-order valence-corrected chi connectivity index (χ2v) is 3.62. The number of nitrogens with zero attached hydrogens (tertiary/aromatic N) is 2. The molecule has 1 aromatic heterocycles. The molecule has 0 fully saturated rings. The molecule has 1 heterocycles. The molecule has 0 spiro atoms. The lowest BCUT2D eigenvalue weighted by Gasteiger charge is -2.15. The summed E-state index contributed by atoms with van der Waals surface area (Å²) >= 11 is 0. The third-order valence-corrected chi connectivity index (χ3v) is 2.27. The van der Waals surface area contributed by atoms with Crippen molar-refractivity contribution in [2.24, 2.45) is 7.05 Å². The lowest BCUT2D eigenvalue weighted by atomic mass is 10.1. The molecular weight excluding hydrogens is 174 g/mol. The van der Waals surface area contributed by atoms with E-state index in [0.29, 0.717) is 0 Å². The second kappa shape index (κ2) is 4.30. The highest BCUT2D eigenvalue weighted by Gasteiger charge is 2.12. The quantitative estimate of drug-likeness (QED) is 0.732. The summed E-state index contributed by atoms with van der Waals surface area (Å²) in [6.07, 6.45) is 7.33. The third-order valence-electron chi connectivity index (χ3n) is 2.27. The van der Waals surface area contributed by atoms with Gasteiger partial charge in [0.25, 0.3) is 0 Å². The van der Waals surface area contributed by atoms with E-state index in [1.165, 1.54) is 5.56 Å². The lowest BCUT2D eigenvalue weighted by Crippen LogP contribution is -2.27. The average molecular weight is 191 g/mol. The van der Waals surface area contributed by atoms with Crippen LogP contribution >= 0.6 is 0 Å². The maximum absolute atomic E-state index is 5.31. The largest absolute Gasteiger partial charge is 0.297 e. The Kier molecular flexibility index (Phi) is 3.32. The molecule has 1 rings (SSSR count). The highest BCUT2D eigenvalue weighted by molar-refractivity contribution is 5.20. The Bertz CT molecular complexity index is 346. The smallest absolute Gasteiger partial charge is 0.0662 e. The zero-order chi connectivity index (χ0) is 10.7. The van der Waals surface area contributed by atoms with Gasteiger partial charge in [0.2, 0.25) is 0 Å². The SMILES string of the molecule is C#CC(C)NC(C)c1cn(C)nc1C. The summed E-state index contributed by atoms with van der Waals surface area (Å²) < 4.78 is 1.82. The standard InChI is InChI=1S/C11H17N3/c1-6-8(2)12-9(3)11-7-14(5)13-10(11)4/h1,7-9,12H,2-5H3. The van der Waals surface area contributed by atoms with Crippen LogP contribution in [0.15, 0.2) is 6.20 Å². The maximum atomic E-state index is 5.31. The van der Waals surface area contributed by atoms with Crippen molar-refractivity contribution in [2.45, 2.75) is 32.9 Å². The van der Waals surface area contributed by atoms with Gasteiger partial charge in [0.05, 0.1) is 11.7 Å². The minimum absolute atomic E-state index is 0.0876. The molecule has 2 atom stereocenters. The molecule has 0 aromatic carbocycles. The number of aryl methyl sites for hydroxylation is 2. The van der Waals surface area contributed by atoms with Crippen molar-refractivity contribution in [3.05, 3.63) is 17.5 Å².